The van der Waals surface area contributed by atoms with Gasteiger partial charge in [0.05, 0.1) is 14.2 Å². The molecule has 0 heterocycles. The average Bonchev–Trinajstić information content (AvgIpc) is 3.09. The SMILES string of the molecule is CNC1(c2ccc(OC)c(OC)c2)CC1. The third kappa shape index (κ3) is 1.67. The molecule has 82 valence electrons. The summed E-state index contributed by atoms with van der Waals surface area (Å²) in [7, 11) is 5.33. The van der Waals surface area contributed by atoms with Gasteiger partial charge in [0.15, 0.2) is 11.5 Å². The van der Waals surface area contributed by atoms with Gasteiger partial charge in [0.2, 0.25) is 0 Å². The van der Waals surface area contributed by atoms with E-state index in [1.54, 1.807) is 14.2 Å². The van der Waals surface area contributed by atoms with Crippen LogP contribution < -0.4 is 14.8 Å². The number of benzene rings is 1. The number of hydrogen-bond donors (Lipinski definition) is 1. The smallest absolute Gasteiger partial charge is 0.161 e. The molecule has 3 nitrogen and oxygen atoms in total. The molecular weight excluding hydrogens is 190 g/mol. The Balaban J connectivity index is 2.35. The zero-order valence-corrected chi connectivity index (χ0v) is 9.46. The van der Waals surface area contributed by atoms with Crippen LogP contribution in [-0.2, 0) is 5.54 Å². The molecule has 0 radical (unpaired) electrons. The highest BCUT2D eigenvalue weighted by Gasteiger charge is 2.42. The van der Waals surface area contributed by atoms with E-state index in [0.29, 0.717) is 0 Å². The molecule has 1 aromatic carbocycles. The lowest BCUT2D eigenvalue weighted by Crippen LogP contribution is -2.24. The molecule has 0 amide bonds. The van der Waals surface area contributed by atoms with Crippen LogP contribution in [0.1, 0.15) is 18.4 Å². The molecular formula is C12H17NO2. The van der Waals surface area contributed by atoms with E-state index in [1.807, 2.05) is 13.1 Å². The van der Waals surface area contributed by atoms with Gasteiger partial charge >= 0.3 is 0 Å². The third-order valence-corrected chi connectivity index (χ3v) is 3.16. The van der Waals surface area contributed by atoms with Crippen LogP contribution >= 0.6 is 0 Å². The second-order valence-electron chi connectivity index (χ2n) is 3.90. The van der Waals surface area contributed by atoms with Gasteiger partial charge in [0.1, 0.15) is 0 Å². The molecule has 1 N–H and O–H groups in total. The highest BCUT2D eigenvalue weighted by Crippen LogP contribution is 2.46. The second kappa shape index (κ2) is 3.74. The van der Waals surface area contributed by atoms with Crippen molar-refractivity contribution in [2.45, 2.75) is 18.4 Å². The topological polar surface area (TPSA) is 30.5 Å². The zero-order valence-electron chi connectivity index (χ0n) is 9.46. The van der Waals surface area contributed by atoms with Crippen LogP contribution in [-0.4, -0.2) is 21.3 Å². The van der Waals surface area contributed by atoms with E-state index in [0.717, 1.165) is 11.5 Å². The normalized spacial score (nSPS) is 17.3. The summed E-state index contributed by atoms with van der Waals surface area (Å²) in [5.74, 6) is 1.59. The predicted molar refractivity (Wildman–Crippen MR) is 59.5 cm³/mol. The Hall–Kier alpha value is -1.22. The van der Waals surface area contributed by atoms with Gasteiger partial charge in [-0.05, 0) is 37.6 Å². The molecule has 0 aromatic heterocycles. The molecule has 1 saturated carbocycles. The van der Waals surface area contributed by atoms with E-state index in [9.17, 15) is 0 Å². The number of hydrogen-bond acceptors (Lipinski definition) is 3. The molecule has 0 atom stereocenters. The summed E-state index contributed by atoms with van der Waals surface area (Å²) in [4.78, 5) is 0. The zero-order chi connectivity index (χ0) is 10.9. The van der Waals surface area contributed by atoms with E-state index in [1.165, 1.54) is 18.4 Å². The van der Waals surface area contributed by atoms with E-state index < -0.39 is 0 Å². The Morgan fingerprint density at radius 1 is 1.13 bits per heavy atom. The van der Waals surface area contributed by atoms with Gasteiger partial charge in [0.25, 0.3) is 0 Å². The Bertz CT molecular complexity index is 359. The lowest BCUT2D eigenvalue weighted by molar-refractivity contribution is 0.353. The van der Waals surface area contributed by atoms with Gasteiger partial charge in [-0.15, -0.1) is 0 Å². The minimum atomic E-state index is 0.180. The largest absolute Gasteiger partial charge is 0.493 e. The van der Waals surface area contributed by atoms with Gasteiger partial charge in [-0.1, -0.05) is 6.07 Å². The van der Waals surface area contributed by atoms with Crippen molar-refractivity contribution in [2.24, 2.45) is 0 Å². The fourth-order valence-electron chi connectivity index (χ4n) is 1.94. The van der Waals surface area contributed by atoms with Crippen molar-refractivity contribution in [3.05, 3.63) is 23.8 Å². The summed E-state index contributed by atoms with van der Waals surface area (Å²) in [6.07, 6.45) is 2.39. The molecule has 0 unspecified atom stereocenters. The monoisotopic (exact) mass is 207 g/mol. The number of ether oxygens (including phenoxy) is 2. The maximum atomic E-state index is 5.29. The van der Waals surface area contributed by atoms with Crippen molar-refractivity contribution in [3.8, 4) is 11.5 Å². The van der Waals surface area contributed by atoms with Crippen LogP contribution in [0.25, 0.3) is 0 Å². The summed E-state index contributed by atoms with van der Waals surface area (Å²) in [5, 5.41) is 3.36. The van der Waals surface area contributed by atoms with Gasteiger partial charge < -0.3 is 14.8 Å². The van der Waals surface area contributed by atoms with Gasteiger partial charge in [-0.25, -0.2) is 0 Å². The molecule has 1 fully saturated rings. The first kappa shape index (κ1) is 10.3. The number of nitrogens with one attached hydrogen (secondary N) is 1. The lowest BCUT2D eigenvalue weighted by atomic mass is 10.0. The number of rotatable bonds is 4. The fourth-order valence-corrected chi connectivity index (χ4v) is 1.94. The molecule has 2 rings (SSSR count). The van der Waals surface area contributed by atoms with Crippen molar-refractivity contribution >= 4 is 0 Å². The predicted octanol–water partition coefficient (Wildman–Crippen LogP) is 1.91. The maximum absolute atomic E-state index is 5.29. The first-order valence-electron chi connectivity index (χ1n) is 5.17. The van der Waals surface area contributed by atoms with E-state index >= 15 is 0 Å². The molecule has 3 heteroatoms. The molecule has 0 saturated heterocycles. The summed E-state index contributed by atoms with van der Waals surface area (Å²) in [5.41, 5.74) is 1.46. The molecule has 0 aliphatic heterocycles. The number of methoxy groups -OCH3 is 2. The van der Waals surface area contributed by atoms with Crippen molar-refractivity contribution in [1.29, 1.82) is 0 Å². The standard InChI is InChI=1S/C12H17NO2/c1-13-12(6-7-12)9-4-5-10(14-2)11(8-9)15-3/h4-5,8,13H,6-7H2,1-3H3. The van der Waals surface area contributed by atoms with Crippen molar-refractivity contribution < 1.29 is 9.47 Å². The van der Waals surface area contributed by atoms with Crippen LogP contribution in [0.5, 0.6) is 11.5 Å². The molecule has 1 aliphatic carbocycles. The van der Waals surface area contributed by atoms with Crippen LogP contribution in [0, 0.1) is 0 Å². The van der Waals surface area contributed by atoms with Crippen LogP contribution in [0.2, 0.25) is 0 Å². The quantitative estimate of drug-likeness (QED) is 0.818. The summed E-state index contributed by atoms with van der Waals surface area (Å²) < 4.78 is 10.5. The summed E-state index contributed by atoms with van der Waals surface area (Å²) in [6, 6.07) is 6.12. The minimum absolute atomic E-state index is 0.180. The Labute approximate surface area is 90.4 Å². The van der Waals surface area contributed by atoms with E-state index in [2.05, 4.69) is 17.4 Å². The molecule has 1 aromatic rings. The third-order valence-electron chi connectivity index (χ3n) is 3.16. The van der Waals surface area contributed by atoms with Crippen molar-refractivity contribution in [2.75, 3.05) is 21.3 Å². The second-order valence-corrected chi connectivity index (χ2v) is 3.90. The van der Waals surface area contributed by atoms with Crippen molar-refractivity contribution in [3.63, 3.8) is 0 Å². The van der Waals surface area contributed by atoms with Crippen LogP contribution in [0.3, 0.4) is 0 Å². The van der Waals surface area contributed by atoms with E-state index in [-0.39, 0.29) is 5.54 Å². The maximum Gasteiger partial charge on any atom is 0.161 e. The first-order valence-corrected chi connectivity index (χ1v) is 5.17. The average molecular weight is 207 g/mol. The van der Waals surface area contributed by atoms with Gasteiger partial charge in [-0.3, -0.25) is 0 Å². The van der Waals surface area contributed by atoms with Gasteiger partial charge in [0, 0.05) is 5.54 Å². The Morgan fingerprint density at radius 3 is 2.27 bits per heavy atom. The van der Waals surface area contributed by atoms with Crippen molar-refractivity contribution in [1.82, 2.24) is 5.32 Å². The minimum Gasteiger partial charge on any atom is -0.493 e. The Morgan fingerprint density at radius 2 is 1.80 bits per heavy atom. The molecule has 1 aliphatic rings. The highest BCUT2D eigenvalue weighted by molar-refractivity contribution is 5.46. The molecule has 0 bridgehead atoms. The van der Waals surface area contributed by atoms with E-state index in [4.69, 9.17) is 9.47 Å². The molecule has 15 heavy (non-hydrogen) atoms. The Kier molecular flexibility index (Phi) is 2.57. The summed E-state index contributed by atoms with van der Waals surface area (Å²) >= 11 is 0. The first-order chi connectivity index (χ1) is 7.25. The fraction of sp³-hybridized carbons (Fsp3) is 0.500. The lowest BCUT2D eigenvalue weighted by Gasteiger charge is -2.16. The summed E-state index contributed by atoms with van der Waals surface area (Å²) in [6.45, 7) is 0. The van der Waals surface area contributed by atoms with Gasteiger partial charge in [-0.2, -0.15) is 0 Å². The molecule has 0 spiro atoms. The highest BCUT2D eigenvalue weighted by atomic mass is 16.5. The van der Waals surface area contributed by atoms with Crippen LogP contribution in [0.15, 0.2) is 18.2 Å². The van der Waals surface area contributed by atoms with Crippen LogP contribution in [0.4, 0.5) is 0 Å².